The van der Waals surface area contributed by atoms with E-state index in [0.29, 0.717) is 0 Å². The number of fused-ring (bicyclic) bond motifs is 3. The minimum absolute atomic E-state index is 1.10. The van der Waals surface area contributed by atoms with Gasteiger partial charge in [0.05, 0.1) is 28.1 Å². The molecule has 0 N–H and O–H groups in total. The van der Waals surface area contributed by atoms with Crippen molar-refractivity contribution in [3.05, 3.63) is 231 Å². The summed E-state index contributed by atoms with van der Waals surface area (Å²) in [6.45, 7) is 0. The van der Waals surface area contributed by atoms with Crippen LogP contribution in [0.1, 0.15) is 0 Å². The number of hydrogen-bond donors (Lipinski definition) is 0. The van der Waals surface area contributed by atoms with Crippen molar-refractivity contribution in [1.82, 2.24) is 4.57 Å². The molecular formula is C58H38N2. The third-order valence-electron chi connectivity index (χ3n) is 12.3. The Hall–Kier alpha value is -7.94. The quantitative estimate of drug-likeness (QED) is 0.147. The SMILES string of the molecule is c1ccc(-c2cccc(N(c3ccccc3-c3ccccc3-c3ccccc3)c3ccc4ccc5c(-n6c7ccccc7c7ccccc76)ccc6ccc3c4c65)c2)cc1. The molecule has 0 spiro atoms. The molecule has 1 heterocycles. The average molecular weight is 763 g/mol. The summed E-state index contributed by atoms with van der Waals surface area (Å²) in [5, 5.41) is 10.0. The molecule has 0 bridgehead atoms. The molecule has 0 saturated heterocycles. The standard InChI is InChI=1S/C58H38N2/c1-3-16-39(17-4-1)43-20-15-21-44(38-43)59(52-27-12-9-24-47(52)46-23-8-7-22-45(46)40-18-5-2-6-19-40)55-36-32-41-31-35-51-56(37-33-42-30-34-50(55)57(41)58(42)51)60-53-28-13-10-25-48(53)49-26-11-14-29-54(49)60/h1-38H. The maximum atomic E-state index is 2.49. The largest absolute Gasteiger partial charge is 0.309 e. The highest BCUT2D eigenvalue weighted by Crippen LogP contribution is 2.49. The predicted molar refractivity (Wildman–Crippen MR) is 255 cm³/mol. The van der Waals surface area contributed by atoms with E-state index < -0.39 is 0 Å². The molecule has 2 heteroatoms. The Morgan fingerprint density at radius 2 is 0.833 bits per heavy atom. The van der Waals surface area contributed by atoms with Crippen molar-refractivity contribution < 1.29 is 0 Å². The van der Waals surface area contributed by atoms with E-state index >= 15 is 0 Å². The third-order valence-corrected chi connectivity index (χ3v) is 12.3. The second kappa shape index (κ2) is 13.9. The second-order valence-corrected chi connectivity index (χ2v) is 15.6. The molecule has 0 unspecified atom stereocenters. The fourth-order valence-corrected chi connectivity index (χ4v) is 9.69. The fourth-order valence-electron chi connectivity index (χ4n) is 9.69. The number of hydrogen-bond acceptors (Lipinski definition) is 1. The van der Waals surface area contributed by atoms with E-state index in [1.54, 1.807) is 0 Å². The van der Waals surface area contributed by atoms with E-state index in [9.17, 15) is 0 Å². The lowest BCUT2D eigenvalue weighted by atomic mass is 9.91. The highest BCUT2D eigenvalue weighted by Gasteiger charge is 2.24. The Labute approximate surface area is 348 Å². The average Bonchev–Trinajstić information content (AvgIpc) is 3.66. The van der Waals surface area contributed by atoms with Gasteiger partial charge in [-0.25, -0.2) is 0 Å². The van der Waals surface area contributed by atoms with Gasteiger partial charge in [-0.1, -0.05) is 188 Å². The van der Waals surface area contributed by atoms with Gasteiger partial charge in [-0.05, 0) is 91.8 Å². The molecule has 280 valence electrons. The van der Waals surface area contributed by atoms with Gasteiger partial charge in [0.25, 0.3) is 0 Å². The maximum absolute atomic E-state index is 2.49. The van der Waals surface area contributed by atoms with Crippen molar-refractivity contribution in [2.45, 2.75) is 0 Å². The predicted octanol–water partition coefficient (Wildman–Crippen LogP) is 16.2. The highest BCUT2D eigenvalue weighted by atomic mass is 15.1. The second-order valence-electron chi connectivity index (χ2n) is 15.6. The normalized spacial score (nSPS) is 11.7. The zero-order valence-electron chi connectivity index (χ0n) is 32.8. The van der Waals surface area contributed by atoms with Gasteiger partial charge in [0.1, 0.15) is 0 Å². The van der Waals surface area contributed by atoms with Crippen molar-refractivity contribution in [1.29, 1.82) is 0 Å². The van der Waals surface area contributed by atoms with Crippen molar-refractivity contribution in [2.75, 3.05) is 4.90 Å². The molecule has 60 heavy (non-hydrogen) atoms. The van der Waals surface area contributed by atoms with Crippen LogP contribution in [0.2, 0.25) is 0 Å². The van der Waals surface area contributed by atoms with Crippen LogP contribution in [0, 0.1) is 0 Å². The van der Waals surface area contributed by atoms with E-state index in [1.165, 1.54) is 93.2 Å². The van der Waals surface area contributed by atoms with Gasteiger partial charge < -0.3 is 9.47 Å². The molecular weight excluding hydrogens is 725 g/mol. The number of aromatic nitrogens is 1. The van der Waals surface area contributed by atoms with Crippen LogP contribution in [-0.4, -0.2) is 4.57 Å². The van der Waals surface area contributed by atoms with Gasteiger partial charge in [0.15, 0.2) is 0 Å². The number of para-hydroxylation sites is 3. The zero-order chi connectivity index (χ0) is 39.6. The topological polar surface area (TPSA) is 8.17 Å². The Bertz CT molecular complexity index is 3490. The first-order chi connectivity index (χ1) is 29.8. The lowest BCUT2D eigenvalue weighted by Gasteiger charge is -2.30. The van der Waals surface area contributed by atoms with Gasteiger partial charge in [0, 0.05) is 32.8 Å². The van der Waals surface area contributed by atoms with Gasteiger partial charge >= 0.3 is 0 Å². The molecule has 0 aliphatic heterocycles. The summed E-state index contributed by atoms with van der Waals surface area (Å²) in [7, 11) is 0. The molecule has 11 aromatic carbocycles. The minimum atomic E-state index is 1.10. The van der Waals surface area contributed by atoms with Gasteiger partial charge in [-0.15, -0.1) is 0 Å². The highest BCUT2D eigenvalue weighted by molar-refractivity contribution is 6.27. The number of nitrogens with zero attached hydrogens (tertiary/aromatic N) is 2. The summed E-state index contributed by atoms with van der Waals surface area (Å²) in [4.78, 5) is 2.49. The third kappa shape index (κ3) is 5.35. The molecule has 2 nitrogen and oxygen atoms in total. The van der Waals surface area contributed by atoms with Crippen LogP contribution >= 0.6 is 0 Å². The van der Waals surface area contributed by atoms with Crippen LogP contribution in [-0.2, 0) is 0 Å². The maximum Gasteiger partial charge on any atom is 0.0541 e. The van der Waals surface area contributed by atoms with Crippen LogP contribution in [0.25, 0.3) is 93.2 Å². The molecule has 0 atom stereocenters. The molecule has 0 fully saturated rings. The number of rotatable bonds is 7. The number of benzene rings is 11. The van der Waals surface area contributed by atoms with E-state index in [0.717, 1.165) is 17.1 Å². The van der Waals surface area contributed by atoms with Crippen LogP contribution in [0.15, 0.2) is 231 Å². The molecule has 1 aromatic heterocycles. The van der Waals surface area contributed by atoms with Crippen LogP contribution in [0.3, 0.4) is 0 Å². The Morgan fingerprint density at radius 3 is 1.57 bits per heavy atom. The van der Waals surface area contributed by atoms with Crippen LogP contribution in [0.4, 0.5) is 17.1 Å². The van der Waals surface area contributed by atoms with Crippen molar-refractivity contribution in [3.63, 3.8) is 0 Å². The first-order valence-electron chi connectivity index (χ1n) is 20.7. The number of anilines is 3. The Morgan fingerprint density at radius 1 is 0.300 bits per heavy atom. The van der Waals surface area contributed by atoms with E-state index in [1.807, 2.05) is 0 Å². The van der Waals surface area contributed by atoms with E-state index in [-0.39, 0.29) is 0 Å². The summed E-state index contributed by atoms with van der Waals surface area (Å²) >= 11 is 0. The van der Waals surface area contributed by atoms with Crippen molar-refractivity contribution >= 4 is 71.2 Å². The Kier molecular flexibility index (Phi) is 7.89. The minimum Gasteiger partial charge on any atom is -0.309 e. The first-order valence-corrected chi connectivity index (χ1v) is 20.7. The smallest absolute Gasteiger partial charge is 0.0541 e. The van der Waals surface area contributed by atoms with Crippen LogP contribution < -0.4 is 4.90 Å². The lowest BCUT2D eigenvalue weighted by molar-refractivity contribution is 1.20. The van der Waals surface area contributed by atoms with Crippen LogP contribution in [0.5, 0.6) is 0 Å². The lowest BCUT2D eigenvalue weighted by Crippen LogP contribution is -2.12. The van der Waals surface area contributed by atoms with Gasteiger partial charge in [-0.2, -0.15) is 0 Å². The Balaban J connectivity index is 1.14. The van der Waals surface area contributed by atoms with Gasteiger partial charge in [0.2, 0.25) is 0 Å². The van der Waals surface area contributed by atoms with E-state index in [4.69, 9.17) is 0 Å². The summed E-state index contributed by atoms with van der Waals surface area (Å²) < 4.78 is 2.46. The summed E-state index contributed by atoms with van der Waals surface area (Å²) in [6, 6.07) is 84.3. The first kappa shape index (κ1) is 34.1. The molecule has 12 rings (SSSR count). The summed E-state index contributed by atoms with van der Waals surface area (Å²) in [6.07, 6.45) is 0. The molecule has 0 saturated carbocycles. The summed E-state index contributed by atoms with van der Waals surface area (Å²) in [5.74, 6) is 0. The van der Waals surface area contributed by atoms with Gasteiger partial charge in [-0.3, -0.25) is 0 Å². The molecule has 12 aromatic rings. The summed E-state index contributed by atoms with van der Waals surface area (Å²) in [5.41, 5.74) is 14.1. The molecule has 0 amide bonds. The van der Waals surface area contributed by atoms with Crippen molar-refractivity contribution in [2.24, 2.45) is 0 Å². The molecule has 0 aliphatic carbocycles. The monoisotopic (exact) mass is 762 g/mol. The zero-order valence-corrected chi connectivity index (χ0v) is 32.8. The molecule has 0 aliphatic rings. The van der Waals surface area contributed by atoms with Crippen molar-refractivity contribution in [3.8, 4) is 39.1 Å². The fraction of sp³-hybridized carbons (Fsp3) is 0. The van der Waals surface area contributed by atoms with E-state index in [2.05, 4.69) is 240 Å². The molecule has 0 radical (unpaired) electrons.